The van der Waals surface area contributed by atoms with Gasteiger partial charge in [0.15, 0.2) is 11.5 Å². The fourth-order valence-electron chi connectivity index (χ4n) is 3.45. The Balaban J connectivity index is 1.69. The Labute approximate surface area is 164 Å². The summed E-state index contributed by atoms with van der Waals surface area (Å²) in [6, 6.07) is -0.226. The topological polar surface area (TPSA) is 129 Å². The predicted molar refractivity (Wildman–Crippen MR) is 106 cm³/mol. The van der Waals surface area contributed by atoms with Gasteiger partial charge in [-0.25, -0.2) is 15.0 Å². The first-order valence-electron chi connectivity index (χ1n) is 9.48. The van der Waals surface area contributed by atoms with Crippen molar-refractivity contribution in [2.45, 2.75) is 52.0 Å². The van der Waals surface area contributed by atoms with E-state index in [-0.39, 0.29) is 24.4 Å². The van der Waals surface area contributed by atoms with Crippen LogP contribution in [0.1, 0.15) is 33.7 Å². The van der Waals surface area contributed by atoms with Gasteiger partial charge in [0.05, 0.1) is 36.8 Å². The lowest BCUT2D eigenvalue weighted by Gasteiger charge is -2.25. The number of nitrogen functional groups attached to an aromatic ring is 1. The summed E-state index contributed by atoms with van der Waals surface area (Å²) in [5.74, 6) is 0.311. The number of imidazole rings is 1. The normalized spacial score (nSPS) is 21.4. The highest BCUT2D eigenvalue weighted by Gasteiger charge is 2.36. The van der Waals surface area contributed by atoms with Crippen LogP contribution in [0.3, 0.4) is 0 Å². The maximum Gasteiger partial charge on any atom is 0.332 e. The molecule has 1 fully saturated rings. The summed E-state index contributed by atoms with van der Waals surface area (Å²) in [5.41, 5.74) is 6.96. The summed E-state index contributed by atoms with van der Waals surface area (Å²) < 4.78 is 26.0. The zero-order chi connectivity index (χ0) is 20.5. The zero-order valence-electron chi connectivity index (χ0n) is 16.7. The van der Waals surface area contributed by atoms with Gasteiger partial charge in [-0.1, -0.05) is 0 Å². The van der Waals surface area contributed by atoms with Crippen molar-refractivity contribution >= 4 is 24.6 Å². The SMILES string of the molecule is CC(C)OP(=O)(CCN1C[C@@H](n2cnc3c(N)ncnc32)[C@@H](O)C1)OC(C)C. The van der Waals surface area contributed by atoms with Crippen molar-refractivity contribution in [2.24, 2.45) is 0 Å². The van der Waals surface area contributed by atoms with Crippen molar-refractivity contribution in [1.82, 2.24) is 24.4 Å². The quantitative estimate of drug-likeness (QED) is 0.622. The Hall–Kier alpha value is -1.58. The summed E-state index contributed by atoms with van der Waals surface area (Å²) in [7, 11) is -3.21. The maximum absolute atomic E-state index is 13.0. The number of likely N-dealkylation sites (tertiary alicyclic amines) is 1. The van der Waals surface area contributed by atoms with Gasteiger partial charge in [-0.05, 0) is 27.7 Å². The van der Waals surface area contributed by atoms with E-state index in [4.69, 9.17) is 14.8 Å². The zero-order valence-corrected chi connectivity index (χ0v) is 17.6. The molecule has 156 valence electrons. The van der Waals surface area contributed by atoms with Crippen molar-refractivity contribution in [1.29, 1.82) is 0 Å². The summed E-state index contributed by atoms with van der Waals surface area (Å²) >= 11 is 0. The van der Waals surface area contributed by atoms with Gasteiger partial charge >= 0.3 is 7.60 Å². The van der Waals surface area contributed by atoms with Gasteiger partial charge in [0.1, 0.15) is 11.8 Å². The first-order chi connectivity index (χ1) is 13.2. The molecule has 3 heterocycles. The number of nitrogens with zero attached hydrogens (tertiary/aromatic N) is 5. The fourth-order valence-corrected chi connectivity index (χ4v) is 5.53. The van der Waals surface area contributed by atoms with Crippen LogP contribution in [-0.4, -0.2) is 73.6 Å². The molecule has 2 aromatic heterocycles. The van der Waals surface area contributed by atoms with E-state index >= 15 is 0 Å². The molecule has 2 atom stereocenters. The lowest BCUT2D eigenvalue weighted by Crippen LogP contribution is -2.26. The predicted octanol–water partition coefficient (Wildman–Crippen LogP) is 1.67. The van der Waals surface area contributed by atoms with Gasteiger partial charge in [0.25, 0.3) is 0 Å². The van der Waals surface area contributed by atoms with E-state index < -0.39 is 13.7 Å². The van der Waals surface area contributed by atoms with Crippen LogP contribution in [-0.2, 0) is 13.6 Å². The fraction of sp³-hybridized carbons (Fsp3) is 0.706. The summed E-state index contributed by atoms with van der Waals surface area (Å²) in [6.45, 7) is 8.86. The number of hydrogen-bond donors (Lipinski definition) is 2. The highest BCUT2D eigenvalue weighted by molar-refractivity contribution is 7.53. The number of aliphatic hydroxyl groups is 1. The Morgan fingerprint density at radius 2 is 1.89 bits per heavy atom. The first-order valence-corrected chi connectivity index (χ1v) is 11.2. The molecule has 1 aliphatic rings. The largest absolute Gasteiger partial charge is 0.390 e. The summed E-state index contributed by atoms with van der Waals surface area (Å²) in [5, 5.41) is 10.6. The van der Waals surface area contributed by atoms with Crippen molar-refractivity contribution in [3.63, 3.8) is 0 Å². The van der Waals surface area contributed by atoms with E-state index in [0.717, 1.165) is 0 Å². The molecule has 1 saturated heterocycles. The second kappa shape index (κ2) is 8.42. The molecule has 10 nitrogen and oxygen atoms in total. The minimum absolute atomic E-state index is 0.191. The average Bonchev–Trinajstić information content (AvgIpc) is 3.15. The van der Waals surface area contributed by atoms with Crippen LogP contribution >= 0.6 is 7.60 Å². The van der Waals surface area contributed by atoms with Crippen LogP contribution in [0, 0.1) is 0 Å². The Morgan fingerprint density at radius 1 is 1.21 bits per heavy atom. The van der Waals surface area contributed by atoms with Crippen LogP contribution in [0.4, 0.5) is 5.82 Å². The lowest BCUT2D eigenvalue weighted by atomic mass is 10.2. The molecular weight excluding hydrogens is 383 g/mol. The van der Waals surface area contributed by atoms with Gasteiger partial charge in [-0.15, -0.1) is 0 Å². The van der Waals surface area contributed by atoms with Gasteiger partial charge in [-0.2, -0.15) is 0 Å². The molecule has 0 bridgehead atoms. The molecule has 0 radical (unpaired) electrons. The van der Waals surface area contributed by atoms with Gasteiger partial charge in [-0.3, -0.25) is 9.46 Å². The molecule has 1 aliphatic heterocycles. The number of aromatic nitrogens is 4. The molecule has 0 aliphatic carbocycles. The molecule has 28 heavy (non-hydrogen) atoms. The number of nitrogens with two attached hydrogens (primary N) is 1. The van der Waals surface area contributed by atoms with E-state index in [9.17, 15) is 9.67 Å². The highest BCUT2D eigenvalue weighted by atomic mass is 31.2. The van der Waals surface area contributed by atoms with Crippen molar-refractivity contribution in [3.05, 3.63) is 12.7 Å². The van der Waals surface area contributed by atoms with Crippen LogP contribution < -0.4 is 5.73 Å². The van der Waals surface area contributed by atoms with Gasteiger partial charge in [0.2, 0.25) is 0 Å². The van der Waals surface area contributed by atoms with E-state index in [1.807, 2.05) is 37.2 Å². The molecule has 2 aromatic rings. The molecule has 0 spiro atoms. The standard InChI is InChI=1S/C17H29N6O4P/c1-11(2)26-28(25,27-12(3)4)6-5-22-7-13(14(24)8-22)23-10-21-15-16(18)19-9-20-17(15)23/h9-14,24H,5-8H2,1-4H3,(H2,18,19,20)/t13-,14+/m1/s1. The molecule has 3 N–H and O–H groups in total. The molecule has 11 heteroatoms. The number of hydrogen-bond acceptors (Lipinski definition) is 9. The van der Waals surface area contributed by atoms with Gasteiger partial charge < -0.3 is 24.5 Å². The van der Waals surface area contributed by atoms with E-state index in [0.29, 0.717) is 36.6 Å². The second-order valence-electron chi connectivity index (χ2n) is 7.62. The van der Waals surface area contributed by atoms with Crippen LogP contribution in [0.25, 0.3) is 11.2 Å². The van der Waals surface area contributed by atoms with Crippen LogP contribution in [0.5, 0.6) is 0 Å². The minimum Gasteiger partial charge on any atom is -0.390 e. The number of aliphatic hydroxyl groups excluding tert-OH is 1. The maximum atomic E-state index is 13.0. The molecule has 0 amide bonds. The van der Waals surface area contributed by atoms with Crippen LogP contribution in [0.15, 0.2) is 12.7 Å². The summed E-state index contributed by atoms with van der Waals surface area (Å²) in [6.07, 6.45) is 2.29. The minimum atomic E-state index is -3.21. The molecule has 0 unspecified atom stereocenters. The van der Waals surface area contributed by atoms with E-state index in [2.05, 4.69) is 15.0 Å². The van der Waals surface area contributed by atoms with Crippen molar-refractivity contribution in [2.75, 3.05) is 31.5 Å². The molecule has 0 saturated carbocycles. The average molecular weight is 412 g/mol. The third-order valence-corrected chi connectivity index (χ3v) is 6.75. The third kappa shape index (κ3) is 4.69. The number of rotatable bonds is 8. The smallest absolute Gasteiger partial charge is 0.332 e. The summed E-state index contributed by atoms with van der Waals surface area (Å²) in [4.78, 5) is 14.5. The number of anilines is 1. The number of β-amino-alcohol motifs (C(OH)–C–C–N with tert-alkyl or cyclic N) is 1. The third-order valence-electron chi connectivity index (χ3n) is 4.51. The number of fused-ring (bicyclic) bond motifs is 1. The highest BCUT2D eigenvalue weighted by Crippen LogP contribution is 2.50. The Kier molecular flexibility index (Phi) is 6.36. The Bertz CT molecular complexity index is 843. The van der Waals surface area contributed by atoms with Crippen molar-refractivity contribution in [3.8, 4) is 0 Å². The first kappa shape index (κ1) is 21.1. The van der Waals surface area contributed by atoms with Gasteiger partial charge in [0, 0.05) is 19.6 Å². The molecular formula is C17H29N6O4P. The Morgan fingerprint density at radius 3 is 2.54 bits per heavy atom. The van der Waals surface area contributed by atoms with E-state index in [1.165, 1.54) is 6.33 Å². The van der Waals surface area contributed by atoms with Crippen LogP contribution in [0.2, 0.25) is 0 Å². The monoisotopic (exact) mass is 412 g/mol. The van der Waals surface area contributed by atoms with Crippen molar-refractivity contribution < 1.29 is 18.7 Å². The molecule has 0 aromatic carbocycles. The van der Waals surface area contributed by atoms with E-state index in [1.54, 1.807) is 6.33 Å². The lowest BCUT2D eigenvalue weighted by molar-refractivity contribution is 0.137. The second-order valence-corrected chi connectivity index (χ2v) is 9.71. The molecule has 3 rings (SSSR count).